The molecular weight excluding hydrogens is 256 g/mol. The molecule has 0 saturated heterocycles. The Morgan fingerprint density at radius 2 is 2.26 bits per heavy atom. The molecule has 2 atom stereocenters. The summed E-state index contributed by atoms with van der Waals surface area (Å²) in [4.78, 5) is 12.6. The number of carbonyl (C=O) groups excluding carboxylic acids is 1. The SMILES string of the molecule is Cc1cccc(CC(=O)NC2CCCC2C(N)=S)c1. The molecule has 1 fully saturated rings. The summed E-state index contributed by atoms with van der Waals surface area (Å²) < 4.78 is 0. The van der Waals surface area contributed by atoms with Crippen molar-refractivity contribution in [2.24, 2.45) is 11.7 Å². The predicted octanol–water partition coefficient (Wildman–Crippen LogP) is 2.11. The lowest BCUT2D eigenvalue weighted by Crippen LogP contribution is -2.42. The highest BCUT2D eigenvalue weighted by atomic mass is 32.1. The van der Waals surface area contributed by atoms with E-state index in [9.17, 15) is 4.79 Å². The van der Waals surface area contributed by atoms with Gasteiger partial charge >= 0.3 is 0 Å². The second-order valence-corrected chi connectivity index (χ2v) is 5.75. The Bertz CT molecular complexity index is 487. The van der Waals surface area contributed by atoms with Crippen LogP contribution in [0, 0.1) is 12.8 Å². The van der Waals surface area contributed by atoms with Gasteiger partial charge in [-0.25, -0.2) is 0 Å². The van der Waals surface area contributed by atoms with Crippen molar-refractivity contribution in [2.75, 3.05) is 0 Å². The monoisotopic (exact) mass is 276 g/mol. The van der Waals surface area contributed by atoms with Crippen LogP contribution in [0.4, 0.5) is 0 Å². The summed E-state index contributed by atoms with van der Waals surface area (Å²) in [5.74, 6) is 0.218. The van der Waals surface area contributed by atoms with Crippen molar-refractivity contribution in [3.63, 3.8) is 0 Å². The van der Waals surface area contributed by atoms with Gasteiger partial charge < -0.3 is 11.1 Å². The van der Waals surface area contributed by atoms with Gasteiger partial charge in [0.25, 0.3) is 0 Å². The molecule has 0 radical (unpaired) electrons. The van der Waals surface area contributed by atoms with Crippen LogP contribution in [0.5, 0.6) is 0 Å². The van der Waals surface area contributed by atoms with Gasteiger partial charge in [0, 0.05) is 12.0 Å². The van der Waals surface area contributed by atoms with Crippen LogP contribution in [0.1, 0.15) is 30.4 Å². The van der Waals surface area contributed by atoms with Gasteiger partial charge in [-0.1, -0.05) is 48.5 Å². The molecule has 1 saturated carbocycles. The third kappa shape index (κ3) is 3.77. The smallest absolute Gasteiger partial charge is 0.224 e. The summed E-state index contributed by atoms with van der Waals surface area (Å²) in [7, 11) is 0. The summed E-state index contributed by atoms with van der Waals surface area (Å²) in [6.45, 7) is 2.03. The highest BCUT2D eigenvalue weighted by Gasteiger charge is 2.30. The van der Waals surface area contributed by atoms with E-state index in [1.807, 2.05) is 31.2 Å². The quantitative estimate of drug-likeness (QED) is 0.828. The molecule has 3 N–H and O–H groups in total. The third-order valence-corrected chi connectivity index (χ3v) is 3.98. The molecule has 1 aromatic rings. The zero-order valence-corrected chi connectivity index (χ0v) is 12.0. The average molecular weight is 276 g/mol. The van der Waals surface area contributed by atoms with E-state index in [0.717, 1.165) is 24.8 Å². The first kappa shape index (κ1) is 14.0. The molecule has 0 spiro atoms. The molecule has 1 aliphatic carbocycles. The largest absolute Gasteiger partial charge is 0.393 e. The van der Waals surface area contributed by atoms with Gasteiger partial charge in [-0.2, -0.15) is 0 Å². The zero-order chi connectivity index (χ0) is 13.8. The van der Waals surface area contributed by atoms with E-state index in [2.05, 4.69) is 5.32 Å². The van der Waals surface area contributed by atoms with Crippen LogP contribution in [-0.2, 0) is 11.2 Å². The minimum absolute atomic E-state index is 0.0544. The van der Waals surface area contributed by atoms with E-state index in [-0.39, 0.29) is 17.9 Å². The molecule has 1 aromatic carbocycles. The Labute approximate surface area is 119 Å². The number of nitrogens with one attached hydrogen (secondary N) is 1. The van der Waals surface area contributed by atoms with Crippen molar-refractivity contribution in [3.05, 3.63) is 35.4 Å². The molecule has 102 valence electrons. The Morgan fingerprint density at radius 3 is 2.95 bits per heavy atom. The molecule has 0 aliphatic heterocycles. The summed E-state index contributed by atoms with van der Waals surface area (Å²) in [5.41, 5.74) is 7.93. The molecule has 2 unspecified atom stereocenters. The van der Waals surface area contributed by atoms with Crippen molar-refractivity contribution < 1.29 is 4.79 Å². The van der Waals surface area contributed by atoms with E-state index in [1.54, 1.807) is 0 Å². The Morgan fingerprint density at radius 1 is 1.47 bits per heavy atom. The van der Waals surface area contributed by atoms with Crippen LogP contribution in [0.3, 0.4) is 0 Å². The van der Waals surface area contributed by atoms with Gasteiger partial charge in [-0.05, 0) is 25.3 Å². The maximum Gasteiger partial charge on any atom is 0.224 e. The maximum absolute atomic E-state index is 12.1. The number of hydrogen-bond acceptors (Lipinski definition) is 2. The zero-order valence-electron chi connectivity index (χ0n) is 11.2. The van der Waals surface area contributed by atoms with Crippen LogP contribution in [-0.4, -0.2) is 16.9 Å². The maximum atomic E-state index is 12.1. The molecule has 19 heavy (non-hydrogen) atoms. The Balaban J connectivity index is 1.92. The first-order valence-electron chi connectivity index (χ1n) is 6.70. The lowest BCUT2D eigenvalue weighted by molar-refractivity contribution is -0.121. The van der Waals surface area contributed by atoms with E-state index < -0.39 is 0 Å². The van der Waals surface area contributed by atoms with Gasteiger partial charge in [0.05, 0.1) is 11.4 Å². The summed E-state index contributed by atoms with van der Waals surface area (Å²) in [5, 5.41) is 3.07. The van der Waals surface area contributed by atoms with Gasteiger partial charge in [-0.3, -0.25) is 4.79 Å². The Kier molecular flexibility index (Phi) is 4.53. The van der Waals surface area contributed by atoms with Crippen molar-refractivity contribution in [3.8, 4) is 0 Å². The third-order valence-electron chi connectivity index (χ3n) is 3.67. The molecule has 0 bridgehead atoms. The number of thiocarbonyl (C=S) groups is 1. The average Bonchev–Trinajstić information content (AvgIpc) is 2.76. The number of amides is 1. The van der Waals surface area contributed by atoms with E-state index in [0.29, 0.717) is 11.4 Å². The number of nitrogens with two attached hydrogens (primary N) is 1. The highest BCUT2D eigenvalue weighted by Crippen LogP contribution is 2.25. The molecule has 0 aromatic heterocycles. The topological polar surface area (TPSA) is 55.1 Å². The summed E-state index contributed by atoms with van der Waals surface area (Å²) in [6, 6.07) is 8.15. The highest BCUT2D eigenvalue weighted by molar-refractivity contribution is 7.80. The van der Waals surface area contributed by atoms with Crippen molar-refractivity contribution in [2.45, 2.75) is 38.6 Å². The fourth-order valence-electron chi connectivity index (χ4n) is 2.74. The fraction of sp³-hybridized carbons (Fsp3) is 0.467. The summed E-state index contributed by atoms with van der Waals surface area (Å²) in [6.07, 6.45) is 3.46. The van der Waals surface area contributed by atoms with Gasteiger partial charge in [0.15, 0.2) is 0 Å². The van der Waals surface area contributed by atoms with Gasteiger partial charge in [0.1, 0.15) is 0 Å². The molecule has 2 rings (SSSR count). The minimum atomic E-state index is 0.0544. The minimum Gasteiger partial charge on any atom is -0.393 e. The Hall–Kier alpha value is -1.42. The van der Waals surface area contributed by atoms with Crippen molar-refractivity contribution in [1.29, 1.82) is 0 Å². The van der Waals surface area contributed by atoms with Gasteiger partial charge in [-0.15, -0.1) is 0 Å². The van der Waals surface area contributed by atoms with Crippen molar-refractivity contribution in [1.82, 2.24) is 5.32 Å². The molecule has 1 amide bonds. The lowest BCUT2D eigenvalue weighted by atomic mass is 10.0. The van der Waals surface area contributed by atoms with E-state index in [1.165, 1.54) is 5.56 Å². The first-order valence-corrected chi connectivity index (χ1v) is 7.11. The van der Waals surface area contributed by atoms with Crippen LogP contribution in [0.25, 0.3) is 0 Å². The number of aryl methyl sites for hydroxylation is 1. The van der Waals surface area contributed by atoms with Crippen LogP contribution < -0.4 is 11.1 Å². The van der Waals surface area contributed by atoms with Gasteiger partial charge in [0.2, 0.25) is 5.91 Å². The van der Waals surface area contributed by atoms with E-state index >= 15 is 0 Å². The van der Waals surface area contributed by atoms with E-state index in [4.69, 9.17) is 18.0 Å². The van der Waals surface area contributed by atoms with Crippen molar-refractivity contribution >= 4 is 23.1 Å². The lowest BCUT2D eigenvalue weighted by Gasteiger charge is -2.20. The standard InChI is InChI=1S/C15H20N2OS/c1-10-4-2-5-11(8-10)9-14(18)17-13-7-3-6-12(13)15(16)19/h2,4-5,8,12-13H,3,6-7,9H2,1H3,(H2,16,19)(H,17,18). The molecule has 3 nitrogen and oxygen atoms in total. The molecule has 0 heterocycles. The summed E-state index contributed by atoms with van der Waals surface area (Å²) >= 11 is 5.06. The number of carbonyl (C=O) groups is 1. The molecular formula is C15H20N2OS. The molecule has 1 aliphatic rings. The first-order chi connectivity index (χ1) is 9.06. The number of rotatable bonds is 4. The van der Waals surface area contributed by atoms with Crippen LogP contribution >= 0.6 is 12.2 Å². The number of hydrogen-bond donors (Lipinski definition) is 2. The normalized spacial score (nSPS) is 22.2. The van der Waals surface area contributed by atoms with Crippen LogP contribution in [0.15, 0.2) is 24.3 Å². The number of benzene rings is 1. The fourth-order valence-corrected chi connectivity index (χ4v) is 3.02. The molecule has 4 heteroatoms. The second kappa shape index (κ2) is 6.15. The predicted molar refractivity (Wildman–Crippen MR) is 80.9 cm³/mol. The second-order valence-electron chi connectivity index (χ2n) is 5.28. The van der Waals surface area contributed by atoms with Crippen LogP contribution in [0.2, 0.25) is 0 Å².